The zero-order valence-electron chi connectivity index (χ0n) is 21.2. The number of aliphatic carboxylic acids is 1. The van der Waals surface area contributed by atoms with Gasteiger partial charge in [-0.2, -0.15) is 0 Å². The zero-order chi connectivity index (χ0) is 26.2. The molecule has 1 aliphatic heterocycles. The number of halogens is 1. The van der Waals surface area contributed by atoms with E-state index in [1.807, 2.05) is 42.5 Å². The molecule has 6 nitrogen and oxygen atoms in total. The number of likely N-dealkylation sites (tertiary alicyclic amines) is 1. The molecular formula is C29H35ClN2O4S. The van der Waals surface area contributed by atoms with Crippen molar-refractivity contribution in [2.45, 2.75) is 43.1 Å². The summed E-state index contributed by atoms with van der Waals surface area (Å²) in [6.07, 6.45) is 4.65. The zero-order valence-corrected chi connectivity index (χ0v) is 22.8. The summed E-state index contributed by atoms with van der Waals surface area (Å²) in [5.74, 6) is 1.36. The van der Waals surface area contributed by atoms with E-state index in [0.29, 0.717) is 6.42 Å². The summed E-state index contributed by atoms with van der Waals surface area (Å²) in [4.78, 5) is 19.6. The number of hydrogen-bond donors (Lipinski definition) is 2. The average Bonchev–Trinajstić information content (AvgIpc) is 2.89. The SMILES string of the molecule is COc1ccc2nccc([C@H](O)CC[C@@H]3CCN(CCCSc4cccc(Cl)c4)C[C@@H]3CC(=O)O)c2c1. The van der Waals surface area contributed by atoms with Crippen molar-refractivity contribution in [3.8, 4) is 5.75 Å². The molecule has 1 aromatic heterocycles. The first kappa shape index (κ1) is 27.7. The van der Waals surface area contributed by atoms with Crippen LogP contribution in [-0.2, 0) is 4.79 Å². The smallest absolute Gasteiger partial charge is 0.303 e. The van der Waals surface area contributed by atoms with Crippen molar-refractivity contribution in [3.05, 3.63) is 65.3 Å². The summed E-state index contributed by atoms with van der Waals surface area (Å²) >= 11 is 7.88. The lowest BCUT2D eigenvalue weighted by molar-refractivity contribution is -0.139. The van der Waals surface area contributed by atoms with E-state index >= 15 is 0 Å². The molecule has 1 aliphatic rings. The van der Waals surface area contributed by atoms with Crippen molar-refractivity contribution in [1.29, 1.82) is 0 Å². The third kappa shape index (κ3) is 7.84. The fourth-order valence-corrected chi connectivity index (χ4v) is 6.47. The van der Waals surface area contributed by atoms with E-state index in [1.165, 1.54) is 4.90 Å². The van der Waals surface area contributed by atoms with Crippen LogP contribution in [0.1, 0.15) is 43.8 Å². The van der Waals surface area contributed by atoms with Gasteiger partial charge in [0.05, 0.1) is 18.7 Å². The average molecular weight is 543 g/mol. The number of aliphatic hydroxyl groups excluding tert-OH is 1. The second-order valence-electron chi connectivity index (χ2n) is 9.74. The van der Waals surface area contributed by atoms with Gasteiger partial charge in [0.15, 0.2) is 0 Å². The Morgan fingerprint density at radius 1 is 1.24 bits per heavy atom. The number of aliphatic hydroxyl groups is 1. The Labute approximate surface area is 228 Å². The van der Waals surface area contributed by atoms with Crippen LogP contribution in [-0.4, -0.2) is 58.6 Å². The number of nitrogens with zero attached hydrogens (tertiary/aromatic N) is 2. The third-order valence-electron chi connectivity index (χ3n) is 7.25. The highest BCUT2D eigenvalue weighted by Gasteiger charge is 2.31. The standard InChI is InChI=1S/C29H35ClN2O4S/c1-36-23-7-8-27-26(18-23)25(10-12-31-27)28(33)9-6-20-11-14-32(19-21(20)16-29(34)35)13-3-15-37-24-5-2-4-22(30)17-24/h2,4-5,7-8,10,12,17-18,20-21,28,33H,3,6,9,11,13-16,19H2,1H3,(H,34,35)/t20-,21+,28-/m1/s1. The van der Waals surface area contributed by atoms with Gasteiger partial charge in [0, 0.05) is 34.5 Å². The van der Waals surface area contributed by atoms with E-state index in [4.69, 9.17) is 16.3 Å². The molecule has 1 saturated heterocycles. The van der Waals surface area contributed by atoms with Gasteiger partial charge in [-0.05, 0) is 104 Å². The minimum Gasteiger partial charge on any atom is -0.497 e. The first-order chi connectivity index (χ1) is 17.9. The van der Waals surface area contributed by atoms with E-state index in [0.717, 1.165) is 71.9 Å². The van der Waals surface area contributed by atoms with Gasteiger partial charge >= 0.3 is 5.97 Å². The first-order valence-electron chi connectivity index (χ1n) is 12.9. The molecule has 0 spiro atoms. The third-order valence-corrected chi connectivity index (χ3v) is 8.56. The molecule has 2 N–H and O–H groups in total. The lowest BCUT2D eigenvalue weighted by Gasteiger charge is -2.38. The maximum Gasteiger partial charge on any atom is 0.303 e. The van der Waals surface area contributed by atoms with Gasteiger partial charge in [0.25, 0.3) is 0 Å². The van der Waals surface area contributed by atoms with Crippen LogP contribution in [0, 0.1) is 11.8 Å². The number of rotatable bonds is 12. The minimum atomic E-state index is -0.749. The molecule has 8 heteroatoms. The van der Waals surface area contributed by atoms with Gasteiger partial charge in [-0.25, -0.2) is 0 Å². The van der Waals surface area contributed by atoms with Crippen molar-refractivity contribution in [2.24, 2.45) is 11.8 Å². The van der Waals surface area contributed by atoms with Crippen LogP contribution in [0.25, 0.3) is 10.9 Å². The quantitative estimate of drug-likeness (QED) is 0.205. The van der Waals surface area contributed by atoms with E-state index < -0.39 is 12.1 Å². The Hall–Kier alpha value is -2.32. The highest BCUT2D eigenvalue weighted by atomic mass is 35.5. The topological polar surface area (TPSA) is 82.9 Å². The highest BCUT2D eigenvalue weighted by molar-refractivity contribution is 7.99. The number of benzene rings is 2. The molecule has 0 unspecified atom stereocenters. The van der Waals surface area contributed by atoms with Crippen molar-refractivity contribution in [1.82, 2.24) is 9.88 Å². The molecule has 3 aromatic rings. The maximum atomic E-state index is 11.6. The number of ether oxygens (including phenoxy) is 1. The molecule has 0 aliphatic carbocycles. The molecule has 3 atom stereocenters. The summed E-state index contributed by atoms with van der Waals surface area (Å²) in [7, 11) is 1.63. The Balaban J connectivity index is 1.31. The molecular weight excluding hydrogens is 508 g/mol. The minimum absolute atomic E-state index is 0.0910. The first-order valence-corrected chi connectivity index (χ1v) is 14.2. The summed E-state index contributed by atoms with van der Waals surface area (Å²) in [6.45, 7) is 2.72. The summed E-state index contributed by atoms with van der Waals surface area (Å²) in [5, 5.41) is 22.3. The van der Waals surface area contributed by atoms with E-state index in [-0.39, 0.29) is 18.3 Å². The summed E-state index contributed by atoms with van der Waals surface area (Å²) < 4.78 is 5.36. The molecule has 2 aromatic carbocycles. The number of fused-ring (bicyclic) bond motifs is 1. The number of aromatic nitrogens is 1. The fraction of sp³-hybridized carbons (Fsp3) is 0.448. The van der Waals surface area contributed by atoms with Crippen molar-refractivity contribution in [2.75, 3.05) is 32.5 Å². The van der Waals surface area contributed by atoms with Crippen LogP contribution in [0.5, 0.6) is 5.75 Å². The molecule has 4 rings (SSSR count). The van der Waals surface area contributed by atoms with Crippen molar-refractivity contribution < 1.29 is 19.7 Å². The normalized spacial score (nSPS) is 19.1. The van der Waals surface area contributed by atoms with Gasteiger partial charge in [-0.15, -0.1) is 11.8 Å². The number of methoxy groups -OCH3 is 1. The van der Waals surface area contributed by atoms with Crippen molar-refractivity contribution in [3.63, 3.8) is 0 Å². The highest BCUT2D eigenvalue weighted by Crippen LogP contribution is 2.35. The Bertz CT molecular complexity index is 1190. The van der Waals surface area contributed by atoms with Crippen LogP contribution in [0.15, 0.2) is 59.6 Å². The van der Waals surface area contributed by atoms with E-state index in [9.17, 15) is 15.0 Å². The van der Waals surface area contributed by atoms with Gasteiger partial charge < -0.3 is 19.8 Å². The Morgan fingerprint density at radius 2 is 2.11 bits per heavy atom. The van der Waals surface area contributed by atoms with Crippen LogP contribution in [0.3, 0.4) is 0 Å². The van der Waals surface area contributed by atoms with Gasteiger partial charge in [-0.3, -0.25) is 9.78 Å². The largest absolute Gasteiger partial charge is 0.497 e. The van der Waals surface area contributed by atoms with Gasteiger partial charge in [0.1, 0.15) is 5.75 Å². The number of piperidine rings is 1. The molecule has 0 amide bonds. The van der Waals surface area contributed by atoms with Gasteiger partial charge in [-0.1, -0.05) is 17.7 Å². The number of carboxylic acid groups (broad SMARTS) is 1. The summed E-state index contributed by atoms with van der Waals surface area (Å²) in [5.41, 5.74) is 1.66. The van der Waals surface area contributed by atoms with E-state index in [1.54, 1.807) is 25.1 Å². The molecule has 0 saturated carbocycles. The number of pyridine rings is 1. The Morgan fingerprint density at radius 3 is 2.89 bits per heavy atom. The van der Waals surface area contributed by atoms with Crippen molar-refractivity contribution >= 4 is 40.2 Å². The molecule has 0 bridgehead atoms. The molecule has 37 heavy (non-hydrogen) atoms. The lowest BCUT2D eigenvalue weighted by Crippen LogP contribution is -2.42. The maximum absolute atomic E-state index is 11.6. The van der Waals surface area contributed by atoms with Crippen LogP contribution in [0.2, 0.25) is 5.02 Å². The van der Waals surface area contributed by atoms with Crippen LogP contribution in [0.4, 0.5) is 0 Å². The number of carboxylic acids is 1. The van der Waals surface area contributed by atoms with Crippen LogP contribution >= 0.6 is 23.4 Å². The van der Waals surface area contributed by atoms with E-state index in [2.05, 4.69) is 16.0 Å². The monoisotopic (exact) mass is 542 g/mol. The van der Waals surface area contributed by atoms with Crippen LogP contribution < -0.4 is 4.74 Å². The Kier molecular flexibility index (Phi) is 10.1. The lowest BCUT2D eigenvalue weighted by atomic mass is 9.79. The number of carbonyl (C=O) groups is 1. The molecule has 198 valence electrons. The predicted octanol–water partition coefficient (Wildman–Crippen LogP) is 6.31. The van der Waals surface area contributed by atoms with Gasteiger partial charge in [0.2, 0.25) is 0 Å². The second-order valence-corrected chi connectivity index (χ2v) is 11.3. The molecule has 2 heterocycles. The second kappa shape index (κ2) is 13.5. The molecule has 1 fully saturated rings. The predicted molar refractivity (Wildman–Crippen MR) is 150 cm³/mol. The number of thioether (sulfide) groups is 1. The number of hydrogen-bond acceptors (Lipinski definition) is 6. The molecule has 0 radical (unpaired) electrons. The fourth-order valence-electron chi connectivity index (χ4n) is 5.32. The summed E-state index contributed by atoms with van der Waals surface area (Å²) in [6, 6.07) is 15.5.